The molecule has 0 aliphatic carbocycles. The van der Waals surface area contributed by atoms with E-state index in [9.17, 15) is 55.2 Å². The van der Waals surface area contributed by atoms with Gasteiger partial charge in [-0.05, 0) is 47.9 Å². The Bertz CT molecular complexity index is 1550. The molecule has 2 aromatic rings. The van der Waals surface area contributed by atoms with Gasteiger partial charge in [0.25, 0.3) is 0 Å². The quantitative estimate of drug-likeness (QED) is 0.0538. The van der Waals surface area contributed by atoms with E-state index in [-0.39, 0.29) is 30.1 Å². The fourth-order valence-electron chi connectivity index (χ4n) is 5.29. The molecule has 10 atom stereocenters. The molecule has 2 heterocycles. The van der Waals surface area contributed by atoms with E-state index >= 15 is 0 Å². The molecular formula is C33H40O18. The van der Waals surface area contributed by atoms with Crippen molar-refractivity contribution in [3.63, 3.8) is 0 Å². The second-order valence-corrected chi connectivity index (χ2v) is 11.6. The molecular weight excluding hydrogens is 684 g/mol. The van der Waals surface area contributed by atoms with E-state index in [0.29, 0.717) is 5.56 Å². The van der Waals surface area contributed by atoms with Crippen LogP contribution in [0.5, 0.6) is 23.0 Å². The van der Waals surface area contributed by atoms with Crippen molar-refractivity contribution in [2.45, 2.75) is 81.7 Å². The molecule has 0 saturated carbocycles. The van der Waals surface area contributed by atoms with Crippen molar-refractivity contribution in [3.05, 3.63) is 53.6 Å². The van der Waals surface area contributed by atoms with Crippen LogP contribution in [0.15, 0.2) is 42.5 Å². The Kier molecular flexibility index (Phi) is 13.6. The van der Waals surface area contributed by atoms with Gasteiger partial charge in [0.2, 0.25) is 0 Å². The molecule has 280 valence electrons. The van der Waals surface area contributed by atoms with Crippen LogP contribution in [-0.4, -0.2) is 140 Å². The molecule has 2 saturated heterocycles. The van der Waals surface area contributed by atoms with Gasteiger partial charge in [0.05, 0.1) is 13.2 Å². The number of aliphatic hydroxyl groups is 4. The van der Waals surface area contributed by atoms with Gasteiger partial charge in [0.15, 0.2) is 47.8 Å². The number of carbonyl (C=O) groups is 3. The van der Waals surface area contributed by atoms with Crippen LogP contribution in [0.4, 0.5) is 0 Å². The molecule has 0 amide bonds. The predicted molar refractivity (Wildman–Crippen MR) is 168 cm³/mol. The highest BCUT2D eigenvalue weighted by Crippen LogP contribution is 2.34. The summed E-state index contributed by atoms with van der Waals surface area (Å²) in [5, 5.41) is 81.0. The van der Waals surface area contributed by atoms with Crippen molar-refractivity contribution in [2.24, 2.45) is 0 Å². The summed E-state index contributed by atoms with van der Waals surface area (Å²) in [4.78, 5) is 36.9. The third kappa shape index (κ3) is 10.3. The number of hydrogen-bond acceptors (Lipinski definition) is 18. The van der Waals surface area contributed by atoms with Crippen LogP contribution in [0.2, 0.25) is 0 Å². The molecule has 0 aromatic heterocycles. The Hall–Kier alpha value is -4.53. The number of aromatic hydroxyl groups is 4. The lowest BCUT2D eigenvalue weighted by Crippen LogP contribution is -2.66. The summed E-state index contributed by atoms with van der Waals surface area (Å²) in [7, 11) is 0. The minimum absolute atomic E-state index is 0.137. The summed E-state index contributed by atoms with van der Waals surface area (Å²) < 4.78 is 39.4. The molecule has 0 bridgehead atoms. The summed E-state index contributed by atoms with van der Waals surface area (Å²) in [5.74, 6) is -4.24. The van der Waals surface area contributed by atoms with E-state index in [0.717, 1.165) is 26.0 Å². The topological polar surface area (TPSA) is 278 Å². The van der Waals surface area contributed by atoms with Crippen molar-refractivity contribution in [2.75, 3.05) is 19.8 Å². The highest BCUT2D eigenvalue weighted by atomic mass is 16.8. The van der Waals surface area contributed by atoms with Gasteiger partial charge in [-0.3, -0.25) is 9.59 Å². The van der Waals surface area contributed by atoms with Gasteiger partial charge in [0, 0.05) is 19.9 Å². The van der Waals surface area contributed by atoms with E-state index in [4.69, 9.17) is 33.2 Å². The number of esters is 3. The van der Waals surface area contributed by atoms with Crippen LogP contribution in [0.25, 0.3) is 6.08 Å². The van der Waals surface area contributed by atoms with Crippen molar-refractivity contribution >= 4 is 24.0 Å². The van der Waals surface area contributed by atoms with E-state index < -0.39 is 104 Å². The van der Waals surface area contributed by atoms with E-state index in [1.165, 1.54) is 36.4 Å². The number of rotatable bonds is 13. The van der Waals surface area contributed by atoms with Gasteiger partial charge in [-0.2, -0.15) is 0 Å². The molecule has 2 fully saturated rings. The Morgan fingerprint density at radius 3 is 2.04 bits per heavy atom. The monoisotopic (exact) mass is 724 g/mol. The fourth-order valence-corrected chi connectivity index (χ4v) is 5.29. The van der Waals surface area contributed by atoms with Crippen LogP contribution in [-0.2, 0) is 54.0 Å². The smallest absolute Gasteiger partial charge is 0.331 e. The number of carbonyl (C=O) groups excluding carboxylic acids is 3. The molecule has 2 aromatic carbocycles. The number of ether oxygens (including phenoxy) is 7. The van der Waals surface area contributed by atoms with Gasteiger partial charge < -0.3 is 74.0 Å². The van der Waals surface area contributed by atoms with Crippen LogP contribution in [0, 0.1) is 0 Å². The first kappa shape index (κ1) is 39.3. The molecule has 8 N–H and O–H groups in total. The fraction of sp³-hybridized carbons (Fsp3) is 0.485. The standard InChI is InChI=1S/C33H40O18/c1-15(35)46-14-24-26(42)27(43)28(44)32(49-24)51-30-29(50-25(41)8-5-17-3-6-19(37)21(39)11-17)23(13-34)48-33(31(30)47-16(2)36)45-10-9-18-4-7-20(38)22(40)12-18/h3-8,11-12,23-24,26-34,37-40,42-44H,9-10,13-14H2,1-2H3/t23-,24-,26-,27+,28-,29-,30+,31-,32+,33-/m1/s1. The van der Waals surface area contributed by atoms with E-state index in [2.05, 4.69) is 0 Å². The number of hydrogen-bond donors (Lipinski definition) is 8. The molecule has 2 aliphatic rings. The van der Waals surface area contributed by atoms with Crippen LogP contribution in [0.1, 0.15) is 25.0 Å². The van der Waals surface area contributed by atoms with Gasteiger partial charge in [0.1, 0.15) is 43.2 Å². The number of benzene rings is 2. The maximum atomic E-state index is 13.1. The minimum Gasteiger partial charge on any atom is -0.504 e. The van der Waals surface area contributed by atoms with Crippen molar-refractivity contribution in [1.82, 2.24) is 0 Å². The zero-order chi connectivity index (χ0) is 37.4. The third-order valence-electron chi connectivity index (χ3n) is 7.86. The first-order chi connectivity index (χ1) is 24.2. The second kappa shape index (κ2) is 17.6. The molecule has 0 unspecified atom stereocenters. The van der Waals surface area contributed by atoms with E-state index in [1.807, 2.05) is 0 Å². The van der Waals surface area contributed by atoms with Gasteiger partial charge in [-0.25, -0.2) is 4.79 Å². The Morgan fingerprint density at radius 2 is 1.41 bits per heavy atom. The zero-order valence-corrected chi connectivity index (χ0v) is 27.4. The summed E-state index contributed by atoms with van der Waals surface area (Å²) in [6.45, 7) is 0.606. The minimum atomic E-state index is -1.96. The summed E-state index contributed by atoms with van der Waals surface area (Å²) in [5.41, 5.74) is 0.814. The zero-order valence-electron chi connectivity index (χ0n) is 27.4. The lowest BCUT2D eigenvalue weighted by Gasteiger charge is -2.47. The summed E-state index contributed by atoms with van der Waals surface area (Å²) in [6, 6.07) is 7.81. The lowest BCUT2D eigenvalue weighted by molar-refractivity contribution is -0.360. The van der Waals surface area contributed by atoms with E-state index in [1.54, 1.807) is 0 Å². The maximum Gasteiger partial charge on any atom is 0.331 e. The Morgan fingerprint density at radius 1 is 0.745 bits per heavy atom. The second-order valence-electron chi connectivity index (χ2n) is 11.6. The van der Waals surface area contributed by atoms with Gasteiger partial charge in [-0.1, -0.05) is 12.1 Å². The average molecular weight is 725 g/mol. The third-order valence-corrected chi connectivity index (χ3v) is 7.86. The highest BCUT2D eigenvalue weighted by Gasteiger charge is 2.54. The van der Waals surface area contributed by atoms with Crippen LogP contribution < -0.4 is 0 Å². The first-order valence-corrected chi connectivity index (χ1v) is 15.6. The maximum absolute atomic E-state index is 13.1. The number of phenols is 4. The largest absolute Gasteiger partial charge is 0.504 e. The number of phenolic OH excluding ortho intramolecular Hbond substituents is 4. The van der Waals surface area contributed by atoms with Gasteiger partial charge in [-0.15, -0.1) is 0 Å². The molecule has 18 heteroatoms. The highest BCUT2D eigenvalue weighted by molar-refractivity contribution is 5.87. The van der Waals surface area contributed by atoms with Crippen LogP contribution >= 0.6 is 0 Å². The summed E-state index contributed by atoms with van der Waals surface area (Å²) in [6.07, 6.45) is -14.4. The SMILES string of the molecule is CC(=O)OC[C@H]1O[C@@H](O[C@@H]2[C@@H](OC(C)=O)[C@H](OCCc3ccc(O)c(O)c3)O[C@H](CO)[C@H]2OC(=O)C=Cc2ccc(O)c(O)c2)[C@H](O)[C@@H](O)[C@@H]1O. The lowest BCUT2D eigenvalue weighted by atomic mass is 9.96. The average Bonchev–Trinajstić information content (AvgIpc) is 3.08. The molecule has 4 rings (SSSR count). The first-order valence-electron chi connectivity index (χ1n) is 15.6. The molecule has 2 aliphatic heterocycles. The van der Waals surface area contributed by atoms with Crippen LogP contribution in [0.3, 0.4) is 0 Å². The van der Waals surface area contributed by atoms with Crippen molar-refractivity contribution < 1.29 is 88.4 Å². The Balaban J connectivity index is 1.64. The molecule has 0 spiro atoms. The Labute approximate surface area is 290 Å². The molecule has 0 radical (unpaired) electrons. The molecule has 18 nitrogen and oxygen atoms in total. The van der Waals surface area contributed by atoms with Crippen molar-refractivity contribution in [3.8, 4) is 23.0 Å². The normalized spacial score (nSPS) is 29.4. The van der Waals surface area contributed by atoms with Crippen molar-refractivity contribution in [1.29, 1.82) is 0 Å². The molecule has 51 heavy (non-hydrogen) atoms. The predicted octanol–water partition coefficient (Wildman–Crippen LogP) is -0.902. The summed E-state index contributed by atoms with van der Waals surface area (Å²) >= 11 is 0. The van der Waals surface area contributed by atoms with Gasteiger partial charge >= 0.3 is 17.9 Å². The number of aliphatic hydroxyl groups excluding tert-OH is 4.